The Morgan fingerprint density at radius 1 is 1.33 bits per heavy atom. The molecule has 1 aliphatic rings. The molecule has 3 nitrogen and oxygen atoms in total. The predicted octanol–water partition coefficient (Wildman–Crippen LogP) is 2.93. The van der Waals surface area contributed by atoms with Gasteiger partial charge in [-0.3, -0.25) is 0 Å². The maximum absolute atomic E-state index is 4.88. The van der Waals surface area contributed by atoms with Crippen LogP contribution in [0.25, 0.3) is 0 Å². The van der Waals surface area contributed by atoms with Crippen molar-refractivity contribution in [3.8, 4) is 0 Å². The summed E-state index contributed by atoms with van der Waals surface area (Å²) in [5, 5.41) is 4.65. The first-order chi connectivity index (χ1) is 8.72. The molecule has 1 N–H and O–H groups in total. The first-order valence-electron chi connectivity index (χ1n) is 6.75. The molecule has 0 bridgehead atoms. The number of rotatable bonds is 5. The second kappa shape index (κ2) is 6.78. The number of thiazole rings is 1. The van der Waals surface area contributed by atoms with E-state index in [1.54, 1.807) is 0 Å². The SMILES string of the molecule is CCNCc1sc(N2CCSCC2)nc1C(C)C. The molecule has 1 fully saturated rings. The fraction of sp³-hybridized carbons (Fsp3) is 0.769. The third-order valence-corrected chi connectivity index (χ3v) is 5.15. The second-order valence-electron chi connectivity index (χ2n) is 4.84. The molecule has 0 atom stereocenters. The van der Waals surface area contributed by atoms with E-state index in [9.17, 15) is 0 Å². The highest BCUT2D eigenvalue weighted by Crippen LogP contribution is 2.31. The number of hydrogen-bond donors (Lipinski definition) is 1. The lowest BCUT2D eigenvalue weighted by molar-refractivity contribution is 0.713. The predicted molar refractivity (Wildman–Crippen MR) is 83.1 cm³/mol. The molecule has 1 aromatic heterocycles. The van der Waals surface area contributed by atoms with Crippen molar-refractivity contribution in [2.75, 3.05) is 36.0 Å². The molecule has 0 aliphatic carbocycles. The van der Waals surface area contributed by atoms with E-state index in [0.717, 1.165) is 26.2 Å². The van der Waals surface area contributed by atoms with Gasteiger partial charge < -0.3 is 10.2 Å². The van der Waals surface area contributed by atoms with Crippen molar-refractivity contribution in [2.45, 2.75) is 33.2 Å². The van der Waals surface area contributed by atoms with E-state index in [2.05, 4.69) is 31.0 Å². The lowest BCUT2D eigenvalue weighted by atomic mass is 10.1. The fourth-order valence-electron chi connectivity index (χ4n) is 2.06. The average molecular weight is 285 g/mol. The molecule has 2 rings (SSSR count). The number of thioether (sulfide) groups is 1. The Balaban J connectivity index is 2.15. The number of nitrogens with one attached hydrogen (secondary N) is 1. The summed E-state index contributed by atoms with van der Waals surface area (Å²) in [4.78, 5) is 8.75. The molecule has 102 valence electrons. The van der Waals surface area contributed by atoms with Gasteiger partial charge in [0.05, 0.1) is 5.69 Å². The Morgan fingerprint density at radius 3 is 2.67 bits per heavy atom. The van der Waals surface area contributed by atoms with E-state index >= 15 is 0 Å². The molecule has 0 saturated carbocycles. The maximum atomic E-state index is 4.88. The fourth-order valence-corrected chi connectivity index (χ4v) is 4.20. The molecule has 0 radical (unpaired) electrons. The molecule has 2 heterocycles. The van der Waals surface area contributed by atoms with E-state index in [-0.39, 0.29) is 0 Å². The van der Waals surface area contributed by atoms with E-state index in [1.807, 2.05) is 23.1 Å². The Bertz CT molecular complexity index is 370. The van der Waals surface area contributed by atoms with E-state index < -0.39 is 0 Å². The highest BCUT2D eigenvalue weighted by Gasteiger charge is 2.19. The van der Waals surface area contributed by atoms with Crippen LogP contribution in [0.15, 0.2) is 0 Å². The normalized spacial score (nSPS) is 16.6. The summed E-state index contributed by atoms with van der Waals surface area (Å²) in [6.07, 6.45) is 0. The van der Waals surface area contributed by atoms with Crippen molar-refractivity contribution in [2.24, 2.45) is 0 Å². The van der Waals surface area contributed by atoms with Gasteiger partial charge in [0.2, 0.25) is 0 Å². The van der Waals surface area contributed by atoms with Gasteiger partial charge >= 0.3 is 0 Å². The first-order valence-corrected chi connectivity index (χ1v) is 8.72. The molecule has 18 heavy (non-hydrogen) atoms. The smallest absolute Gasteiger partial charge is 0.185 e. The van der Waals surface area contributed by atoms with Gasteiger partial charge in [-0.25, -0.2) is 4.98 Å². The van der Waals surface area contributed by atoms with Gasteiger partial charge in [-0.05, 0) is 12.5 Å². The summed E-state index contributed by atoms with van der Waals surface area (Å²) in [5.41, 5.74) is 1.29. The molecule has 1 aromatic rings. The summed E-state index contributed by atoms with van der Waals surface area (Å²) in [6, 6.07) is 0. The van der Waals surface area contributed by atoms with Gasteiger partial charge in [0, 0.05) is 36.0 Å². The van der Waals surface area contributed by atoms with Crippen LogP contribution in [0, 0.1) is 0 Å². The minimum Gasteiger partial charge on any atom is -0.346 e. The summed E-state index contributed by atoms with van der Waals surface area (Å²) in [7, 11) is 0. The quantitative estimate of drug-likeness (QED) is 0.900. The summed E-state index contributed by atoms with van der Waals surface area (Å²) >= 11 is 3.92. The molecule has 1 aliphatic heterocycles. The third kappa shape index (κ3) is 3.39. The standard InChI is InChI=1S/C13H23N3S2/c1-4-14-9-11-12(10(2)3)15-13(18-11)16-5-7-17-8-6-16/h10,14H,4-9H2,1-3H3. The molecule has 0 aromatic carbocycles. The van der Waals surface area contributed by atoms with E-state index in [0.29, 0.717) is 5.92 Å². The van der Waals surface area contributed by atoms with Crippen molar-refractivity contribution < 1.29 is 0 Å². The van der Waals surface area contributed by atoms with Crippen molar-refractivity contribution >= 4 is 28.2 Å². The Kier molecular flexibility index (Phi) is 5.33. The van der Waals surface area contributed by atoms with Crippen LogP contribution in [0.3, 0.4) is 0 Å². The van der Waals surface area contributed by atoms with E-state index in [1.165, 1.54) is 27.2 Å². The van der Waals surface area contributed by atoms with Crippen molar-refractivity contribution in [3.63, 3.8) is 0 Å². The molecule has 0 spiro atoms. The van der Waals surface area contributed by atoms with Crippen LogP contribution >= 0.6 is 23.1 Å². The number of hydrogen-bond acceptors (Lipinski definition) is 5. The zero-order valence-corrected chi connectivity index (χ0v) is 13.2. The first kappa shape index (κ1) is 14.2. The Hall–Kier alpha value is -0.260. The largest absolute Gasteiger partial charge is 0.346 e. The monoisotopic (exact) mass is 285 g/mol. The molecule has 0 unspecified atom stereocenters. The second-order valence-corrected chi connectivity index (χ2v) is 7.13. The Morgan fingerprint density at radius 2 is 2.06 bits per heavy atom. The topological polar surface area (TPSA) is 28.2 Å². The molecule has 0 amide bonds. The van der Waals surface area contributed by atoms with Gasteiger partial charge in [0.15, 0.2) is 5.13 Å². The van der Waals surface area contributed by atoms with Crippen LogP contribution < -0.4 is 10.2 Å². The lowest BCUT2D eigenvalue weighted by Gasteiger charge is -2.25. The van der Waals surface area contributed by atoms with Gasteiger partial charge in [0.25, 0.3) is 0 Å². The van der Waals surface area contributed by atoms with Crippen LogP contribution in [-0.2, 0) is 6.54 Å². The summed E-state index contributed by atoms with van der Waals surface area (Å²) in [5.74, 6) is 2.99. The Labute approximate surface area is 118 Å². The molecule has 1 saturated heterocycles. The minimum atomic E-state index is 0.517. The van der Waals surface area contributed by atoms with Crippen LogP contribution in [0.4, 0.5) is 5.13 Å². The van der Waals surface area contributed by atoms with Crippen molar-refractivity contribution in [1.29, 1.82) is 0 Å². The zero-order valence-electron chi connectivity index (χ0n) is 11.5. The number of nitrogens with zero attached hydrogens (tertiary/aromatic N) is 2. The number of anilines is 1. The highest BCUT2D eigenvalue weighted by atomic mass is 32.2. The minimum absolute atomic E-state index is 0.517. The van der Waals surface area contributed by atoms with Crippen LogP contribution in [0.2, 0.25) is 0 Å². The van der Waals surface area contributed by atoms with Gasteiger partial charge in [-0.2, -0.15) is 11.8 Å². The molecular weight excluding hydrogens is 262 g/mol. The zero-order chi connectivity index (χ0) is 13.0. The van der Waals surface area contributed by atoms with Crippen LogP contribution in [0.1, 0.15) is 37.3 Å². The van der Waals surface area contributed by atoms with Gasteiger partial charge in [-0.15, -0.1) is 11.3 Å². The van der Waals surface area contributed by atoms with Crippen LogP contribution in [-0.4, -0.2) is 36.1 Å². The molecular formula is C13H23N3S2. The highest BCUT2D eigenvalue weighted by molar-refractivity contribution is 7.99. The van der Waals surface area contributed by atoms with Crippen molar-refractivity contribution in [1.82, 2.24) is 10.3 Å². The van der Waals surface area contributed by atoms with Gasteiger partial charge in [0.1, 0.15) is 0 Å². The van der Waals surface area contributed by atoms with Crippen LogP contribution in [0.5, 0.6) is 0 Å². The maximum Gasteiger partial charge on any atom is 0.185 e. The molecule has 5 heteroatoms. The lowest BCUT2D eigenvalue weighted by Crippen LogP contribution is -2.32. The van der Waals surface area contributed by atoms with Gasteiger partial charge in [-0.1, -0.05) is 20.8 Å². The summed E-state index contributed by atoms with van der Waals surface area (Å²) < 4.78 is 0. The number of aromatic nitrogens is 1. The van der Waals surface area contributed by atoms with Crippen molar-refractivity contribution in [3.05, 3.63) is 10.6 Å². The summed E-state index contributed by atoms with van der Waals surface area (Å²) in [6.45, 7) is 10.9. The van der Waals surface area contributed by atoms with E-state index in [4.69, 9.17) is 4.98 Å². The third-order valence-electron chi connectivity index (χ3n) is 3.08. The average Bonchev–Trinajstić information content (AvgIpc) is 2.81.